The van der Waals surface area contributed by atoms with Gasteiger partial charge in [-0.1, -0.05) is 13.3 Å². The van der Waals surface area contributed by atoms with Gasteiger partial charge in [0.05, 0.1) is 0 Å². The quantitative estimate of drug-likeness (QED) is 0.583. The van der Waals surface area contributed by atoms with Crippen molar-refractivity contribution >= 4 is 12.0 Å². The van der Waals surface area contributed by atoms with Crippen LogP contribution in [-0.2, 0) is 4.79 Å². The lowest BCUT2D eigenvalue weighted by Gasteiger charge is -2.25. The second kappa shape index (κ2) is 7.09. The lowest BCUT2D eigenvalue weighted by molar-refractivity contribution is -0.137. The summed E-state index contributed by atoms with van der Waals surface area (Å²) < 4.78 is 0. The maximum atomic E-state index is 11.4. The molecule has 0 fully saturated rings. The van der Waals surface area contributed by atoms with Crippen molar-refractivity contribution in [2.45, 2.75) is 52.0 Å². The van der Waals surface area contributed by atoms with Gasteiger partial charge in [-0.25, -0.2) is 4.79 Å². The molecular formula is C11H22N2O3. The van der Waals surface area contributed by atoms with Gasteiger partial charge < -0.3 is 15.7 Å². The van der Waals surface area contributed by atoms with Crippen molar-refractivity contribution in [3.05, 3.63) is 0 Å². The fourth-order valence-corrected chi connectivity index (χ4v) is 1.48. The zero-order chi connectivity index (χ0) is 12.6. The molecule has 0 unspecified atom stereocenters. The molecule has 94 valence electrons. The highest BCUT2D eigenvalue weighted by atomic mass is 16.4. The molecule has 5 nitrogen and oxygen atoms in total. The largest absolute Gasteiger partial charge is 0.481 e. The van der Waals surface area contributed by atoms with Crippen LogP contribution in [-0.4, -0.2) is 29.2 Å². The van der Waals surface area contributed by atoms with E-state index in [1.54, 1.807) is 0 Å². The Balaban J connectivity index is 3.69. The molecule has 0 bridgehead atoms. The number of hydrogen-bond donors (Lipinski definition) is 3. The van der Waals surface area contributed by atoms with Crippen LogP contribution >= 0.6 is 0 Å². The third kappa shape index (κ3) is 8.08. The van der Waals surface area contributed by atoms with Gasteiger partial charge in [-0.05, 0) is 26.7 Å². The van der Waals surface area contributed by atoms with Gasteiger partial charge in [-0.2, -0.15) is 0 Å². The van der Waals surface area contributed by atoms with Crippen molar-refractivity contribution < 1.29 is 14.7 Å². The van der Waals surface area contributed by atoms with E-state index in [1.165, 1.54) is 0 Å². The third-order valence-corrected chi connectivity index (χ3v) is 2.18. The Kier molecular flexibility index (Phi) is 6.53. The molecule has 0 aliphatic carbocycles. The second-order valence-electron chi connectivity index (χ2n) is 4.51. The number of hydrogen-bond acceptors (Lipinski definition) is 2. The molecule has 0 aliphatic rings. The Morgan fingerprint density at radius 3 is 2.44 bits per heavy atom. The van der Waals surface area contributed by atoms with E-state index in [9.17, 15) is 9.59 Å². The number of amides is 2. The molecule has 0 aromatic heterocycles. The van der Waals surface area contributed by atoms with Gasteiger partial charge in [0.25, 0.3) is 0 Å². The summed E-state index contributed by atoms with van der Waals surface area (Å²) in [6.45, 7) is 6.38. The lowest BCUT2D eigenvalue weighted by Crippen LogP contribution is -2.48. The highest BCUT2D eigenvalue weighted by Gasteiger charge is 2.18. The number of carbonyl (C=O) groups is 2. The van der Waals surface area contributed by atoms with Crippen LogP contribution in [0, 0.1) is 0 Å². The van der Waals surface area contributed by atoms with E-state index in [1.807, 2.05) is 13.8 Å². The smallest absolute Gasteiger partial charge is 0.315 e. The standard InChI is InChI=1S/C11H22N2O3/c1-4-7-11(2,3)13-10(16)12-8-5-6-9(14)15/h4-8H2,1-3H3,(H,14,15)(H2,12,13,16). The molecule has 0 radical (unpaired) electrons. The molecule has 0 spiro atoms. The maximum Gasteiger partial charge on any atom is 0.315 e. The van der Waals surface area contributed by atoms with E-state index >= 15 is 0 Å². The van der Waals surface area contributed by atoms with Crippen LogP contribution in [0.4, 0.5) is 4.79 Å². The minimum Gasteiger partial charge on any atom is -0.481 e. The molecule has 0 aliphatic heterocycles. The third-order valence-electron chi connectivity index (χ3n) is 2.18. The van der Waals surface area contributed by atoms with E-state index in [0.29, 0.717) is 13.0 Å². The first-order valence-electron chi connectivity index (χ1n) is 5.65. The zero-order valence-corrected chi connectivity index (χ0v) is 10.3. The van der Waals surface area contributed by atoms with E-state index in [2.05, 4.69) is 17.6 Å². The number of urea groups is 1. The molecular weight excluding hydrogens is 208 g/mol. The van der Waals surface area contributed by atoms with Gasteiger partial charge in [-0.3, -0.25) is 4.79 Å². The Morgan fingerprint density at radius 2 is 1.94 bits per heavy atom. The molecule has 0 atom stereocenters. The van der Waals surface area contributed by atoms with Crippen molar-refractivity contribution in [2.24, 2.45) is 0 Å². The summed E-state index contributed by atoms with van der Waals surface area (Å²) in [6, 6.07) is -0.233. The summed E-state index contributed by atoms with van der Waals surface area (Å²) in [5, 5.41) is 13.9. The molecule has 5 heteroatoms. The molecule has 0 saturated heterocycles. The molecule has 0 aromatic rings. The van der Waals surface area contributed by atoms with Gasteiger partial charge >= 0.3 is 12.0 Å². The first-order valence-corrected chi connectivity index (χ1v) is 5.65. The fraction of sp³-hybridized carbons (Fsp3) is 0.818. The lowest BCUT2D eigenvalue weighted by atomic mass is 9.99. The minimum atomic E-state index is -0.839. The summed E-state index contributed by atoms with van der Waals surface area (Å²) in [5.41, 5.74) is -0.217. The summed E-state index contributed by atoms with van der Waals surface area (Å²) in [4.78, 5) is 21.6. The number of nitrogens with one attached hydrogen (secondary N) is 2. The van der Waals surface area contributed by atoms with Gasteiger partial charge in [0.15, 0.2) is 0 Å². The average molecular weight is 230 g/mol. The molecule has 0 saturated carbocycles. The van der Waals surface area contributed by atoms with Crippen LogP contribution in [0.1, 0.15) is 46.5 Å². The van der Waals surface area contributed by atoms with Gasteiger partial charge in [0.1, 0.15) is 0 Å². The molecule has 0 heterocycles. The predicted octanol–water partition coefficient (Wildman–Crippen LogP) is 1.73. The Bertz CT molecular complexity index is 239. The van der Waals surface area contributed by atoms with Crippen molar-refractivity contribution in [2.75, 3.05) is 6.54 Å². The van der Waals surface area contributed by atoms with Crippen molar-refractivity contribution in [3.63, 3.8) is 0 Å². The Morgan fingerprint density at radius 1 is 1.31 bits per heavy atom. The first-order chi connectivity index (χ1) is 7.37. The Labute approximate surface area is 96.6 Å². The monoisotopic (exact) mass is 230 g/mol. The fourth-order valence-electron chi connectivity index (χ4n) is 1.48. The number of aliphatic carboxylic acids is 1. The van der Waals surface area contributed by atoms with E-state index in [-0.39, 0.29) is 18.0 Å². The second-order valence-corrected chi connectivity index (χ2v) is 4.51. The van der Waals surface area contributed by atoms with E-state index in [4.69, 9.17) is 5.11 Å². The highest BCUT2D eigenvalue weighted by molar-refractivity contribution is 5.74. The number of rotatable bonds is 7. The van der Waals surface area contributed by atoms with Crippen molar-refractivity contribution in [3.8, 4) is 0 Å². The van der Waals surface area contributed by atoms with Crippen LogP contribution in [0.2, 0.25) is 0 Å². The van der Waals surface area contributed by atoms with E-state index < -0.39 is 5.97 Å². The van der Waals surface area contributed by atoms with Gasteiger partial charge in [-0.15, -0.1) is 0 Å². The average Bonchev–Trinajstić information content (AvgIpc) is 2.11. The van der Waals surface area contributed by atoms with Crippen LogP contribution in [0.25, 0.3) is 0 Å². The summed E-state index contributed by atoms with van der Waals surface area (Å²) in [7, 11) is 0. The van der Waals surface area contributed by atoms with E-state index in [0.717, 1.165) is 12.8 Å². The van der Waals surface area contributed by atoms with Crippen molar-refractivity contribution in [1.29, 1.82) is 0 Å². The first kappa shape index (κ1) is 14.7. The molecule has 16 heavy (non-hydrogen) atoms. The predicted molar refractivity (Wildman–Crippen MR) is 62.4 cm³/mol. The normalized spacial score (nSPS) is 10.9. The zero-order valence-electron chi connectivity index (χ0n) is 10.3. The highest BCUT2D eigenvalue weighted by Crippen LogP contribution is 2.09. The molecule has 3 N–H and O–H groups in total. The summed E-state index contributed by atoms with van der Waals surface area (Å²) in [5.74, 6) is -0.839. The van der Waals surface area contributed by atoms with Crippen LogP contribution in [0.5, 0.6) is 0 Å². The number of carboxylic acids is 1. The summed E-state index contributed by atoms with van der Waals surface area (Å²) >= 11 is 0. The van der Waals surface area contributed by atoms with Gasteiger partial charge in [0.2, 0.25) is 0 Å². The van der Waals surface area contributed by atoms with Gasteiger partial charge in [0, 0.05) is 18.5 Å². The number of carbonyl (C=O) groups excluding carboxylic acids is 1. The summed E-state index contributed by atoms with van der Waals surface area (Å²) in [6.07, 6.45) is 2.46. The minimum absolute atomic E-state index is 0.0820. The molecule has 2 amide bonds. The van der Waals surface area contributed by atoms with Crippen LogP contribution in [0.3, 0.4) is 0 Å². The Hall–Kier alpha value is -1.26. The van der Waals surface area contributed by atoms with Crippen molar-refractivity contribution in [1.82, 2.24) is 10.6 Å². The van der Waals surface area contributed by atoms with Crippen LogP contribution < -0.4 is 10.6 Å². The molecule has 0 rings (SSSR count). The topological polar surface area (TPSA) is 78.4 Å². The van der Waals surface area contributed by atoms with Crippen LogP contribution in [0.15, 0.2) is 0 Å². The maximum absolute atomic E-state index is 11.4. The molecule has 0 aromatic carbocycles. The SMILES string of the molecule is CCCC(C)(C)NC(=O)NCCCC(=O)O. The number of carboxylic acid groups (broad SMARTS) is 1.